The Kier molecular flexibility index (Phi) is 7.78. The SMILES string of the molecule is COc1cc(-c2ccc(C3CCc4ccc([C@H](C5CC5)[C@H](C)C(=O)O)cc4O3)c(CN3[C@H](C)CC[C@@H]3C)c2)ccn1. The molecule has 1 saturated carbocycles. The molecule has 2 aliphatic heterocycles. The highest BCUT2D eigenvalue weighted by Crippen LogP contribution is 2.48. The van der Waals surface area contributed by atoms with E-state index in [1.807, 2.05) is 19.1 Å². The van der Waals surface area contributed by atoms with Gasteiger partial charge in [0, 0.05) is 30.9 Å². The summed E-state index contributed by atoms with van der Waals surface area (Å²) in [5.74, 6) is 0.884. The molecular weight excluding hydrogens is 512 g/mol. The van der Waals surface area contributed by atoms with E-state index in [1.54, 1.807) is 13.3 Å². The number of nitrogens with zero attached hydrogens (tertiary/aromatic N) is 2. The van der Waals surface area contributed by atoms with Crippen molar-refractivity contribution in [1.29, 1.82) is 0 Å². The Morgan fingerprint density at radius 1 is 1.02 bits per heavy atom. The van der Waals surface area contributed by atoms with Crippen LogP contribution >= 0.6 is 0 Å². The number of benzene rings is 2. The Labute approximate surface area is 243 Å². The fourth-order valence-electron chi connectivity index (χ4n) is 7.08. The summed E-state index contributed by atoms with van der Waals surface area (Å²) in [4.78, 5) is 18.8. The molecule has 3 heterocycles. The van der Waals surface area contributed by atoms with Crippen molar-refractivity contribution in [3.63, 3.8) is 0 Å². The topological polar surface area (TPSA) is 71.9 Å². The molecular formula is C35H42N2O4. The van der Waals surface area contributed by atoms with Crippen LogP contribution in [0.2, 0.25) is 0 Å². The van der Waals surface area contributed by atoms with Crippen molar-refractivity contribution in [2.24, 2.45) is 11.8 Å². The van der Waals surface area contributed by atoms with Crippen LogP contribution in [0.15, 0.2) is 54.7 Å². The number of carboxylic acids is 1. The molecule has 1 saturated heterocycles. The van der Waals surface area contributed by atoms with Crippen LogP contribution in [-0.4, -0.2) is 40.2 Å². The highest BCUT2D eigenvalue weighted by Gasteiger charge is 2.39. The predicted octanol–water partition coefficient (Wildman–Crippen LogP) is 7.41. The maximum Gasteiger partial charge on any atom is 0.306 e. The van der Waals surface area contributed by atoms with E-state index in [2.05, 4.69) is 60.1 Å². The summed E-state index contributed by atoms with van der Waals surface area (Å²) < 4.78 is 12.2. The summed E-state index contributed by atoms with van der Waals surface area (Å²) in [6.07, 6.45) is 8.29. The van der Waals surface area contributed by atoms with Gasteiger partial charge in [-0.1, -0.05) is 31.2 Å². The Bertz CT molecular complexity index is 1410. The molecule has 2 aromatic carbocycles. The van der Waals surface area contributed by atoms with Gasteiger partial charge < -0.3 is 14.6 Å². The molecule has 0 spiro atoms. The van der Waals surface area contributed by atoms with Crippen LogP contribution in [0, 0.1) is 11.8 Å². The third kappa shape index (κ3) is 5.72. The number of rotatable bonds is 9. The Hall–Kier alpha value is -3.38. The van der Waals surface area contributed by atoms with Gasteiger partial charge in [-0.3, -0.25) is 9.69 Å². The van der Waals surface area contributed by atoms with Crippen LogP contribution in [0.4, 0.5) is 0 Å². The summed E-state index contributed by atoms with van der Waals surface area (Å²) in [6, 6.07) is 18.3. The number of aliphatic carboxylic acids is 1. The lowest BCUT2D eigenvalue weighted by Gasteiger charge is -2.32. The maximum absolute atomic E-state index is 11.9. The number of aryl methyl sites for hydroxylation is 1. The van der Waals surface area contributed by atoms with Crippen LogP contribution in [0.3, 0.4) is 0 Å². The second-order valence-corrected chi connectivity index (χ2v) is 12.5. The number of carbonyl (C=O) groups is 1. The van der Waals surface area contributed by atoms with Gasteiger partial charge >= 0.3 is 5.97 Å². The second kappa shape index (κ2) is 11.5. The van der Waals surface area contributed by atoms with Crippen LogP contribution in [0.25, 0.3) is 11.1 Å². The fourth-order valence-corrected chi connectivity index (χ4v) is 7.08. The van der Waals surface area contributed by atoms with Crippen LogP contribution < -0.4 is 9.47 Å². The molecule has 1 aliphatic carbocycles. The van der Waals surface area contributed by atoms with Crippen molar-refractivity contribution >= 4 is 5.97 Å². The minimum atomic E-state index is -0.722. The third-order valence-electron chi connectivity index (χ3n) is 9.73. The van der Waals surface area contributed by atoms with E-state index in [1.165, 1.54) is 29.5 Å². The molecule has 6 rings (SSSR count). The van der Waals surface area contributed by atoms with Crippen molar-refractivity contribution < 1.29 is 19.4 Å². The van der Waals surface area contributed by atoms with Crippen LogP contribution in [0.1, 0.15) is 87.2 Å². The van der Waals surface area contributed by atoms with Gasteiger partial charge in [0.2, 0.25) is 5.88 Å². The van der Waals surface area contributed by atoms with E-state index in [4.69, 9.17) is 9.47 Å². The van der Waals surface area contributed by atoms with Gasteiger partial charge in [0.1, 0.15) is 11.9 Å². The molecule has 216 valence electrons. The van der Waals surface area contributed by atoms with E-state index in [0.717, 1.165) is 54.7 Å². The molecule has 0 radical (unpaired) electrons. The molecule has 1 aromatic heterocycles. The zero-order valence-corrected chi connectivity index (χ0v) is 24.7. The number of pyridine rings is 1. The number of hydrogen-bond donors (Lipinski definition) is 1. The zero-order chi connectivity index (χ0) is 28.7. The summed E-state index contributed by atoms with van der Waals surface area (Å²) in [7, 11) is 1.65. The molecule has 1 N–H and O–H groups in total. The van der Waals surface area contributed by atoms with Crippen molar-refractivity contribution in [2.75, 3.05) is 7.11 Å². The Morgan fingerprint density at radius 2 is 1.78 bits per heavy atom. The van der Waals surface area contributed by atoms with Gasteiger partial charge in [0.25, 0.3) is 0 Å². The van der Waals surface area contributed by atoms with Gasteiger partial charge in [-0.25, -0.2) is 4.98 Å². The lowest BCUT2D eigenvalue weighted by atomic mass is 9.82. The number of fused-ring (bicyclic) bond motifs is 1. The fraction of sp³-hybridized carbons (Fsp3) is 0.486. The quantitative estimate of drug-likeness (QED) is 0.297. The average Bonchev–Trinajstić information content (AvgIpc) is 3.78. The van der Waals surface area contributed by atoms with Crippen LogP contribution in [0.5, 0.6) is 11.6 Å². The monoisotopic (exact) mass is 554 g/mol. The highest BCUT2D eigenvalue weighted by molar-refractivity contribution is 5.71. The summed E-state index contributed by atoms with van der Waals surface area (Å²) in [6.45, 7) is 7.41. The minimum Gasteiger partial charge on any atom is -0.485 e. The number of aromatic nitrogens is 1. The third-order valence-corrected chi connectivity index (χ3v) is 9.73. The first-order valence-corrected chi connectivity index (χ1v) is 15.2. The summed E-state index contributed by atoms with van der Waals surface area (Å²) in [5.41, 5.74) is 7.10. The summed E-state index contributed by atoms with van der Waals surface area (Å²) in [5, 5.41) is 9.79. The zero-order valence-electron chi connectivity index (χ0n) is 24.7. The van der Waals surface area contributed by atoms with E-state index >= 15 is 0 Å². The van der Waals surface area contributed by atoms with Crippen molar-refractivity contribution in [1.82, 2.24) is 9.88 Å². The van der Waals surface area contributed by atoms with Crippen molar-refractivity contribution in [3.05, 3.63) is 77.0 Å². The number of carboxylic acid groups (broad SMARTS) is 1. The number of hydrogen-bond acceptors (Lipinski definition) is 5. The molecule has 2 fully saturated rings. The largest absolute Gasteiger partial charge is 0.485 e. The highest BCUT2D eigenvalue weighted by atomic mass is 16.5. The molecule has 0 amide bonds. The molecule has 3 aliphatic rings. The lowest BCUT2D eigenvalue weighted by molar-refractivity contribution is -0.142. The average molecular weight is 555 g/mol. The minimum absolute atomic E-state index is 0.0344. The standard InChI is InChI=1S/C35H42N2O4/c1-21-5-6-22(2)37(21)20-29-17-26(27-15-16-36-33(19-27)40-4)11-13-30(29)31-14-12-24-7-10-28(18-32(24)41-31)34(25-8-9-25)23(3)35(38)39/h7,10-11,13,15-19,21-23,25,31,34H,5-6,8-9,12,14,20H2,1-4H3,(H,38,39)/t21-,22+,23-,31?,34-/m0/s1. The molecule has 6 heteroatoms. The van der Waals surface area contributed by atoms with Gasteiger partial charge in [-0.15, -0.1) is 0 Å². The smallest absolute Gasteiger partial charge is 0.306 e. The number of ether oxygens (including phenoxy) is 2. The van der Waals surface area contributed by atoms with Crippen molar-refractivity contribution in [2.45, 2.75) is 89.9 Å². The number of likely N-dealkylation sites (tertiary alicyclic amines) is 1. The van der Waals surface area contributed by atoms with E-state index < -0.39 is 11.9 Å². The van der Waals surface area contributed by atoms with E-state index in [0.29, 0.717) is 23.9 Å². The number of methoxy groups -OCH3 is 1. The van der Waals surface area contributed by atoms with Gasteiger partial charge in [0.15, 0.2) is 0 Å². The van der Waals surface area contributed by atoms with E-state index in [-0.39, 0.29) is 12.0 Å². The molecule has 5 atom stereocenters. The summed E-state index contributed by atoms with van der Waals surface area (Å²) >= 11 is 0. The van der Waals surface area contributed by atoms with Gasteiger partial charge in [-0.05, 0) is 116 Å². The van der Waals surface area contributed by atoms with E-state index in [9.17, 15) is 9.90 Å². The molecule has 1 unspecified atom stereocenters. The molecule has 3 aromatic rings. The van der Waals surface area contributed by atoms with Gasteiger partial charge in [0.05, 0.1) is 13.0 Å². The van der Waals surface area contributed by atoms with Crippen LogP contribution in [-0.2, 0) is 17.8 Å². The molecule has 41 heavy (non-hydrogen) atoms. The first kappa shape index (κ1) is 27.8. The molecule has 6 nitrogen and oxygen atoms in total. The lowest BCUT2D eigenvalue weighted by Crippen LogP contribution is -2.32. The first-order chi connectivity index (χ1) is 19.8. The first-order valence-electron chi connectivity index (χ1n) is 15.2. The predicted molar refractivity (Wildman–Crippen MR) is 160 cm³/mol. The molecule has 0 bridgehead atoms. The maximum atomic E-state index is 11.9. The van der Waals surface area contributed by atoms with Gasteiger partial charge in [-0.2, -0.15) is 0 Å². The second-order valence-electron chi connectivity index (χ2n) is 12.5. The Morgan fingerprint density at radius 3 is 2.49 bits per heavy atom. The Balaban J connectivity index is 1.33. The normalized spacial score (nSPS) is 23.9. The van der Waals surface area contributed by atoms with Crippen molar-refractivity contribution in [3.8, 4) is 22.8 Å².